The van der Waals surface area contributed by atoms with Gasteiger partial charge in [0.25, 0.3) is 0 Å². The van der Waals surface area contributed by atoms with Gasteiger partial charge in [-0.2, -0.15) is 0 Å². The van der Waals surface area contributed by atoms with E-state index in [1.54, 1.807) is 0 Å². The molecule has 0 saturated carbocycles. The van der Waals surface area contributed by atoms with Crippen LogP contribution in [-0.2, 0) is 6.42 Å². The van der Waals surface area contributed by atoms with E-state index in [4.69, 9.17) is 4.42 Å². The molecule has 2 N–H and O–H groups in total. The topological polar surface area (TPSA) is 46.8 Å². The minimum Gasteiger partial charge on any atom is -1.00 e. The first-order valence-electron chi connectivity index (χ1n) is 8.11. The van der Waals surface area contributed by atoms with E-state index in [0.717, 1.165) is 23.9 Å². The van der Waals surface area contributed by atoms with Gasteiger partial charge in [0.05, 0.1) is 19.0 Å². The fourth-order valence-corrected chi connectivity index (χ4v) is 2.81. The maximum atomic E-state index is 12.2. The quantitative estimate of drug-likeness (QED) is 0.623. The van der Waals surface area contributed by atoms with E-state index in [1.165, 1.54) is 5.56 Å². The summed E-state index contributed by atoms with van der Waals surface area (Å²) in [6, 6.07) is 20.5. The molecule has 0 amide bonds. The molecule has 1 unspecified atom stereocenters. The van der Waals surface area contributed by atoms with E-state index >= 15 is 0 Å². The third kappa shape index (κ3) is 4.70. The van der Waals surface area contributed by atoms with Crippen LogP contribution in [0, 0.1) is 0 Å². The Morgan fingerprint density at radius 2 is 1.79 bits per heavy atom. The number of nitrogens with two attached hydrogens (primary N) is 1. The first-order valence-corrected chi connectivity index (χ1v) is 8.11. The molecular weight excluding hydrogens is 322 g/mol. The molecule has 1 aromatic heterocycles. The van der Waals surface area contributed by atoms with E-state index in [2.05, 4.69) is 36.5 Å². The van der Waals surface area contributed by atoms with Crippen LogP contribution in [0.15, 0.2) is 65.1 Å². The maximum absolute atomic E-state index is 12.2. The molecule has 1 atom stereocenters. The Bertz CT molecular complexity index is 749. The van der Waals surface area contributed by atoms with Gasteiger partial charge in [0.1, 0.15) is 5.58 Å². The van der Waals surface area contributed by atoms with Crippen molar-refractivity contribution in [3.63, 3.8) is 0 Å². The third-order valence-electron chi connectivity index (χ3n) is 4.04. The highest BCUT2D eigenvalue weighted by atomic mass is 35.5. The zero-order valence-corrected chi connectivity index (χ0v) is 14.5. The van der Waals surface area contributed by atoms with Gasteiger partial charge in [0.2, 0.25) is 5.78 Å². The molecule has 24 heavy (non-hydrogen) atoms. The molecule has 3 nitrogen and oxygen atoms in total. The van der Waals surface area contributed by atoms with Gasteiger partial charge in [-0.3, -0.25) is 4.79 Å². The molecule has 0 fully saturated rings. The standard InChI is InChI=1S/C20H21NO2.ClH/c1-15(13-16-7-3-2-4-8-16)21-12-11-18(22)20-14-17-9-5-6-10-19(17)23-20;/h2-10,14-15,21H,11-13H2,1H3;1H. The van der Waals surface area contributed by atoms with E-state index in [1.807, 2.05) is 36.4 Å². The normalized spacial score (nSPS) is 11.9. The Morgan fingerprint density at radius 1 is 1.08 bits per heavy atom. The second-order valence-electron chi connectivity index (χ2n) is 6.01. The SMILES string of the molecule is CC(Cc1ccccc1)[NH2+]CCC(=O)c1cc2ccccc2o1.[Cl-]. The van der Waals surface area contributed by atoms with E-state index in [9.17, 15) is 4.79 Å². The molecule has 0 radical (unpaired) electrons. The Balaban J connectivity index is 0.00000208. The van der Waals surface area contributed by atoms with E-state index < -0.39 is 0 Å². The number of carbonyl (C=O) groups is 1. The number of halogens is 1. The van der Waals surface area contributed by atoms with E-state index in [-0.39, 0.29) is 18.2 Å². The average molecular weight is 344 g/mol. The van der Waals surface area contributed by atoms with Crippen molar-refractivity contribution in [3.8, 4) is 0 Å². The Kier molecular flexibility index (Phi) is 6.59. The number of carbonyl (C=O) groups excluding carboxylic acids is 1. The lowest BCUT2D eigenvalue weighted by atomic mass is 10.1. The van der Waals surface area contributed by atoms with Crippen LogP contribution in [0.3, 0.4) is 0 Å². The van der Waals surface area contributed by atoms with Crippen LogP contribution in [0.5, 0.6) is 0 Å². The molecule has 0 bridgehead atoms. The first-order chi connectivity index (χ1) is 11.2. The van der Waals surface area contributed by atoms with Crippen LogP contribution >= 0.6 is 0 Å². The number of hydrogen-bond acceptors (Lipinski definition) is 2. The minimum atomic E-state index is 0. The van der Waals surface area contributed by atoms with Crippen LogP contribution in [0.2, 0.25) is 0 Å². The Labute approximate surface area is 148 Å². The lowest BCUT2D eigenvalue weighted by Gasteiger charge is -2.10. The van der Waals surface area contributed by atoms with Gasteiger partial charge >= 0.3 is 0 Å². The first kappa shape index (κ1) is 18.2. The number of quaternary nitrogens is 1. The molecule has 3 rings (SSSR count). The summed E-state index contributed by atoms with van der Waals surface area (Å²) in [7, 11) is 0. The molecular formula is C20H22ClNO2. The highest BCUT2D eigenvalue weighted by Crippen LogP contribution is 2.19. The number of para-hydroxylation sites is 1. The molecule has 4 heteroatoms. The largest absolute Gasteiger partial charge is 1.00 e. The van der Waals surface area contributed by atoms with Gasteiger partial charge in [0.15, 0.2) is 5.76 Å². The Morgan fingerprint density at radius 3 is 2.54 bits per heavy atom. The summed E-state index contributed by atoms with van der Waals surface area (Å²) in [5, 5.41) is 3.21. The molecule has 2 aromatic carbocycles. The summed E-state index contributed by atoms with van der Waals surface area (Å²) < 4.78 is 5.62. The highest BCUT2D eigenvalue weighted by Gasteiger charge is 2.14. The molecule has 0 saturated heterocycles. The van der Waals surface area contributed by atoms with Gasteiger partial charge in [0, 0.05) is 11.8 Å². The number of rotatable bonds is 7. The fourth-order valence-electron chi connectivity index (χ4n) is 2.81. The monoisotopic (exact) mass is 343 g/mol. The van der Waals surface area contributed by atoms with Gasteiger partial charge in [-0.05, 0) is 24.6 Å². The second kappa shape index (κ2) is 8.67. The summed E-state index contributed by atoms with van der Waals surface area (Å²) in [6.07, 6.45) is 1.51. The van der Waals surface area contributed by atoms with Crippen molar-refractivity contribution >= 4 is 16.8 Å². The van der Waals surface area contributed by atoms with Crippen molar-refractivity contribution < 1.29 is 26.9 Å². The Hall–Kier alpha value is -2.10. The molecule has 0 spiro atoms. The van der Waals surface area contributed by atoms with Crippen LogP contribution < -0.4 is 17.7 Å². The summed E-state index contributed by atoms with van der Waals surface area (Å²) in [4.78, 5) is 12.2. The molecule has 0 aliphatic heterocycles. The summed E-state index contributed by atoms with van der Waals surface area (Å²) in [6.45, 7) is 2.97. The van der Waals surface area contributed by atoms with Crippen molar-refractivity contribution in [2.24, 2.45) is 0 Å². The maximum Gasteiger partial charge on any atom is 0.203 e. The smallest absolute Gasteiger partial charge is 0.203 e. The summed E-state index contributed by atoms with van der Waals surface area (Å²) in [5.74, 6) is 0.541. The molecule has 0 aliphatic rings. The fraction of sp³-hybridized carbons (Fsp3) is 0.250. The lowest BCUT2D eigenvalue weighted by molar-refractivity contribution is -0.684. The van der Waals surface area contributed by atoms with Crippen LogP contribution in [0.4, 0.5) is 0 Å². The second-order valence-corrected chi connectivity index (χ2v) is 6.01. The van der Waals surface area contributed by atoms with Crippen molar-refractivity contribution in [1.82, 2.24) is 0 Å². The zero-order chi connectivity index (χ0) is 16.1. The number of Topliss-reactive ketones (excluding diaryl/α,β-unsaturated/α-hetero) is 1. The zero-order valence-electron chi connectivity index (χ0n) is 13.7. The lowest BCUT2D eigenvalue weighted by Crippen LogP contribution is -3.00. The summed E-state index contributed by atoms with van der Waals surface area (Å²) >= 11 is 0. The molecule has 0 aliphatic carbocycles. The molecule has 3 aromatic rings. The highest BCUT2D eigenvalue weighted by molar-refractivity contribution is 5.97. The van der Waals surface area contributed by atoms with Gasteiger partial charge in [-0.15, -0.1) is 0 Å². The van der Waals surface area contributed by atoms with Crippen LogP contribution in [-0.4, -0.2) is 18.4 Å². The van der Waals surface area contributed by atoms with E-state index in [0.29, 0.717) is 18.2 Å². The van der Waals surface area contributed by atoms with Crippen molar-refractivity contribution in [2.45, 2.75) is 25.8 Å². The minimum absolute atomic E-state index is 0. The van der Waals surface area contributed by atoms with Crippen molar-refractivity contribution in [3.05, 3.63) is 72.0 Å². The van der Waals surface area contributed by atoms with Crippen LogP contribution in [0.1, 0.15) is 29.5 Å². The number of furan rings is 1. The van der Waals surface area contributed by atoms with Crippen LogP contribution in [0.25, 0.3) is 11.0 Å². The molecule has 126 valence electrons. The van der Waals surface area contributed by atoms with Gasteiger partial charge in [-0.1, -0.05) is 48.5 Å². The van der Waals surface area contributed by atoms with Crippen molar-refractivity contribution in [1.29, 1.82) is 0 Å². The van der Waals surface area contributed by atoms with Gasteiger partial charge in [-0.25, -0.2) is 0 Å². The average Bonchev–Trinajstić information content (AvgIpc) is 3.00. The predicted octanol–water partition coefficient (Wildman–Crippen LogP) is 0.204. The number of benzene rings is 2. The van der Waals surface area contributed by atoms with Gasteiger partial charge < -0.3 is 22.1 Å². The number of fused-ring (bicyclic) bond motifs is 1. The third-order valence-corrected chi connectivity index (χ3v) is 4.04. The molecule has 1 heterocycles. The predicted molar refractivity (Wildman–Crippen MR) is 91.6 cm³/mol. The van der Waals surface area contributed by atoms with Crippen molar-refractivity contribution in [2.75, 3.05) is 6.54 Å². The number of hydrogen-bond donors (Lipinski definition) is 1. The summed E-state index contributed by atoms with van der Waals surface area (Å²) in [5.41, 5.74) is 2.11. The number of ketones is 1.